The zero-order valence-electron chi connectivity index (χ0n) is 7.00. The Hall–Kier alpha value is -1.06. The van der Waals surface area contributed by atoms with Crippen LogP contribution in [0.3, 0.4) is 0 Å². The third-order valence-electron chi connectivity index (χ3n) is 2.09. The molecule has 0 unspecified atom stereocenters. The molecular formula is C7H12N2O2. The van der Waals surface area contributed by atoms with Crippen molar-refractivity contribution in [3.05, 3.63) is 0 Å². The van der Waals surface area contributed by atoms with Gasteiger partial charge in [-0.25, -0.2) is 0 Å². The van der Waals surface area contributed by atoms with Gasteiger partial charge in [0.05, 0.1) is 0 Å². The number of hydrazine groups is 1. The van der Waals surface area contributed by atoms with Gasteiger partial charge in [0.25, 0.3) is 11.8 Å². The lowest BCUT2D eigenvalue weighted by molar-refractivity contribution is -0.141. The molecular weight excluding hydrogens is 144 g/mol. The van der Waals surface area contributed by atoms with E-state index in [4.69, 9.17) is 0 Å². The molecule has 1 aliphatic rings. The first-order valence-corrected chi connectivity index (χ1v) is 3.64. The van der Waals surface area contributed by atoms with Crippen molar-refractivity contribution < 1.29 is 9.59 Å². The summed E-state index contributed by atoms with van der Waals surface area (Å²) in [7, 11) is 3.21. The Labute approximate surface area is 65.7 Å². The van der Waals surface area contributed by atoms with Crippen molar-refractivity contribution in [2.24, 2.45) is 5.92 Å². The van der Waals surface area contributed by atoms with E-state index >= 15 is 0 Å². The highest BCUT2D eigenvalue weighted by Crippen LogP contribution is 2.18. The second-order valence-electron chi connectivity index (χ2n) is 2.68. The molecule has 1 saturated heterocycles. The molecule has 1 heterocycles. The summed E-state index contributed by atoms with van der Waals surface area (Å²) >= 11 is 0. The van der Waals surface area contributed by atoms with Crippen LogP contribution in [0.5, 0.6) is 0 Å². The average Bonchev–Trinajstić information content (AvgIpc) is 2.17. The number of nitrogens with zero attached hydrogens (tertiary/aromatic N) is 2. The molecule has 1 fully saturated rings. The molecule has 4 heteroatoms. The Morgan fingerprint density at radius 2 is 1.55 bits per heavy atom. The number of carbonyl (C=O) groups excluding carboxylic acids is 2. The summed E-state index contributed by atoms with van der Waals surface area (Å²) in [5, 5.41) is 2.72. The maximum atomic E-state index is 11.2. The number of amides is 2. The van der Waals surface area contributed by atoms with Gasteiger partial charge in [-0.05, 0) is 6.42 Å². The second-order valence-corrected chi connectivity index (χ2v) is 2.68. The van der Waals surface area contributed by atoms with Gasteiger partial charge in [0.1, 0.15) is 5.92 Å². The van der Waals surface area contributed by atoms with Crippen molar-refractivity contribution in [1.29, 1.82) is 0 Å². The third kappa shape index (κ3) is 0.982. The van der Waals surface area contributed by atoms with Gasteiger partial charge < -0.3 is 0 Å². The molecule has 1 aliphatic heterocycles. The molecule has 0 aromatic heterocycles. The van der Waals surface area contributed by atoms with Crippen molar-refractivity contribution in [2.45, 2.75) is 13.3 Å². The highest BCUT2D eigenvalue weighted by atomic mass is 16.2. The molecule has 11 heavy (non-hydrogen) atoms. The number of rotatable bonds is 1. The Kier molecular flexibility index (Phi) is 1.85. The van der Waals surface area contributed by atoms with E-state index in [0.717, 1.165) is 0 Å². The summed E-state index contributed by atoms with van der Waals surface area (Å²) in [5.74, 6) is -0.634. The van der Waals surface area contributed by atoms with Crippen LogP contribution in [0.2, 0.25) is 0 Å². The fourth-order valence-corrected chi connectivity index (χ4v) is 1.20. The van der Waals surface area contributed by atoms with Crippen molar-refractivity contribution in [3.8, 4) is 0 Å². The summed E-state index contributed by atoms with van der Waals surface area (Å²) in [6.07, 6.45) is 0.590. The van der Waals surface area contributed by atoms with Gasteiger partial charge in [-0.15, -0.1) is 0 Å². The summed E-state index contributed by atoms with van der Waals surface area (Å²) in [6.45, 7) is 1.84. The van der Waals surface area contributed by atoms with E-state index in [-0.39, 0.29) is 11.8 Å². The van der Waals surface area contributed by atoms with Crippen LogP contribution in [0.15, 0.2) is 0 Å². The highest BCUT2D eigenvalue weighted by Gasteiger charge is 2.39. The fourth-order valence-electron chi connectivity index (χ4n) is 1.20. The lowest BCUT2D eigenvalue weighted by atomic mass is 10.1. The van der Waals surface area contributed by atoms with Crippen LogP contribution in [0.1, 0.15) is 13.3 Å². The van der Waals surface area contributed by atoms with Crippen LogP contribution in [0.4, 0.5) is 0 Å². The van der Waals surface area contributed by atoms with Crippen molar-refractivity contribution >= 4 is 11.8 Å². The van der Waals surface area contributed by atoms with Crippen molar-refractivity contribution in [2.75, 3.05) is 14.1 Å². The summed E-state index contributed by atoms with van der Waals surface area (Å²) < 4.78 is 0. The number of hydrogen-bond acceptors (Lipinski definition) is 2. The second kappa shape index (κ2) is 2.53. The van der Waals surface area contributed by atoms with Crippen LogP contribution in [0.25, 0.3) is 0 Å². The first-order valence-electron chi connectivity index (χ1n) is 3.64. The van der Waals surface area contributed by atoms with E-state index in [1.807, 2.05) is 6.92 Å². The van der Waals surface area contributed by atoms with Crippen LogP contribution in [0, 0.1) is 5.92 Å². The van der Waals surface area contributed by atoms with E-state index in [1.165, 1.54) is 10.0 Å². The molecule has 2 amide bonds. The highest BCUT2D eigenvalue weighted by molar-refractivity contribution is 6.04. The monoisotopic (exact) mass is 156 g/mol. The maximum Gasteiger partial charge on any atom is 0.253 e. The van der Waals surface area contributed by atoms with E-state index in [9.17, 15) is 9.59 Å². The Bertz CT molecular complexity index is 183. The quantitative estimate of drug-likeness (QED) is 0.496. The summed E-state index contributed by atoms with van der Waals surface area (Å²) in [5.41, 5.74) is 0. The minimum absolute atomic E-state index is 0.0972. The fraction of sp³-hybridized carbons (Fsp3) is 0.714. The molecule has 0 aromatic rings. The smallest absolute Gasteiger partial charge is 0.253 e. The number of carbonyl (C=O) groups is 2. The van der Waals surface area contributed by atoms with Gasteiger partial charge in [0.15, 0.2) is 0 Å². The molecule has 4 nitrogen and oxygen atoms in total. The standard InChI is InChI=1S/C7H12N2O2/c1-4-5-6(10)8(2)9(3)7(5)11/h5H,4H2,1-3H3. The predicted molar refractivity (Wildman–Crippen MR) is 39.3 cm³/mol. The van der Waals surface area contributed by atoms with E-state index in [2.05, 4.69) is 0 Å². The Morgan fingerprint density at radius 3 is 1.73 bits per heavy atom. The minimum atomic E-state index is -0.440. The average molecular weight is 156 g/mol. The summed E-state index contributed by atoms with van der Waals surface area (Å²) in [6, 6.07) is 0. The predicted octanol–water partition coefficient (Wildman–Crippen LogP) is -0.142. The molecule has 0 aromatic carbocycles. The molecule has 0 radical (unpaired) electrons. The largest absolute Gasteiger partial charge is 0.272 e. The number of hydrogen-bond donors (Lipinski definition) is 0. The van der Waals surface area contributed by atoms with E-state index < -0.39 is 5.92 Å². The van der Waals surface area contributed by atoms with Crippen LogP contribution in [-0.2, 0) is 9.59 Å². The van der Waals surface area contributed by atoms with Gasteiger partial charge in [0, 0.05) is 14.1 Å². The molecule has 0 saturated carbocycles. The molecule has 0 N–H and O–H groups in total. The van der Waals surface area contributed by atoms with Crippen molar-refractivity contribution in [1.82, 2.24) is 10.0 Å². The zero-order valence-corrected chi connectivity index (χ0v) is 7.00. The van der Waals surface area contributed by atoms with Gasteiger partial charge in [0.2, 0.25) is 0 Å². The van der Waals surface area contributed by atoms with Gasteiger partial charge >= 0.3 is 0 Å². The van der Waals surface area contributed by atoms with Gasteiger partial charge in [-0.3, -0.25) is 19.6 Å². The Balaban J connectivity index is 2.86. The SMILES string of the molecule is CCC1C(=O)N(C)N(C)C1=O. The minimum Gasteiger partial charge on any atom is -0.272 e. The van der Waals surface area contributed by atoms with Crippen LogP contribution < -0.4 is 0 Å². The third-order valence-corrected chi connectivity index (χ3v) is 2.09. The van der Waals surface area contributed by atoms with E-state index in [0.29, 0.717) is 6.42 Å². The topological polar surface area (TPSA) is 40.6 Å². The first kappa shape index (κ1) is 8.04. The molecule has 0 bridgehead atoms. The lowest BCUT2D eigenvalue weighted by Gasteiger charge is -2.17. The normalized spacial score (nSPS) is 20.3. The first-order chi connectivity index (χ1) is 5.09. The summed E-state index contributed by atoms with van der Waals surface area (Å²) in [4.78, 5) is 22.4. The zero-order chi connectivity index (χ0) is 8.59. The van der Waals surface area contributed by atoms with E-state index in [1.54, 1.807) is 14.1 Å². The van der Waals surface area contributed by atoms with Gasteiger partial charge in [-0.1, -0.05) is 6.92 Å². The van der Waals surface area contributed by atoms with Crippen LogP contribution in [-0.4, -0.2) is 35.9 Å². The maximum absolute atomic E-state index is 11.2. The molecule has 0 spiro atoms. The van der Waals surface area contributed by atoms with Crippen molar-refractivity contribution in [3.63, 3.8) is 0 Å². The molecule has 1 rings (SSSR count). The molecule has 0 aliphatic carbocycles. The lowest BCUT2D eigenvalue weighted by Crippen LogP contribution is -2.33. The Morgan fingerprint density at radius 1 is 1.18 bits per heavy atom. The van der Waals surface area contributed by atoms with Crippen LogP contribution >= 0.6 is 0 Å². The molecule has 0 atom stereocenters. The molecule has 62 valence electrons. The van der Waals surface area contributed by atoms with Gasteiger partial charge in [-0.2, -0.15) is 0 Å².